The van der Waals surface area contributed by atoms with Gasteiger partial charge in [-0.1, -0.05) is 0 Å². The van der Waals surface area contributed by atoms with E-state index in [1.54, 1.807) is 37.2 Å². The van der Waals surface area contributed by atoms with Gasteiger partial charge in [-0.25, -0.2) is 0 Å². The lowest BCUT2D eigenvalue weighted by Crippen LogP contribution is -1.76. The van der Waals surface area contributed by atoms with Crippen LogP contribution in [-0.4, -0.2) is 29.9 Å². The minimum atomic E-state index is 0.998. The fraction of sp³-hybridized carbons (Fsp3) is 0. The van der Waals surface area contributed by atoms with Gasteiger partial charge in [0, 0.05) is 89.7 Å². The summed E-state index contributed by atoms with van der Waals surface area (Å²) in [6.07, 6.45) is 19.7. The Morgan fingerprint density at radius 2 is 0.833 bits per heavy atom. The zero-order chi connectivity index (χ0) is 20.4. The van der Waals surface area contributed by atoms with Crippen LogP contribution in [0.2, 0.25) is 0 Å². The third kappa shape index (κ3) is 4.94. The van der Waals surface area contributed by atoms with Gasteiger partial charge >= 0.3 is 0 Å². The molecule has 0 N–H and O–H groups in total. The van der Waals surface area contributed by atoms with Gasteiger partial charge in [0.05, 0.1) is 5.52 Å². The van der Waals surface area contributed by atoms with E-state index in [0.29, 0.717) is 0 Å². The van der Waals surface area contributed by atoms with Crippen molar-refractivity contribution in [2.45, 2.75) is 0 Å². The monoisotopic (exact) mass is 390 g/mol. The van der Waals surface area contributed by atoms with E-state index >= 15 is 0 Å². The smallest absolute Gasteiger partial charge is 0.0732 e. The first kappa shape index (κ1) is 19.0. The topological polar surface area (TPSA) is 77.3 Å². The molecule has 0 saturated heterocycles. The molecule has 0 aromatic carbocycles. The molecule has 6 rings (SSSR count). The second-order valence-electron chi connectivity index (χ2n) is 6.27. The lowest BCUT2D eigenvalue weighted by molar-refractivity contribution is 1.32. The maximum Gasteiger partial charge on any atom is 0.0732 e. The summed E-state index contributed by atoms with van der Waals surface area (Å²) in [6, 6.07) is 13.6. The van der Waals surface area contributed by atoms with Crippen LogP contribution in [0.5, 0.6) is 0 Å². The predicted octanol–water partition coefficient (Wildman–Crippen LogP) is 4.89. The van der Waals surface area contributed by atoms with Crippen LogP contribution in [0.25, 0.3) is 32.4 Å². The van der Waals surface area contributed by atoms with Crippen LogP contribution in [0.15, 0.2) is 111 Å². The Morgan fingerprint density at radius 1 is 0.367 bits per heavy atom. The van der Waals surface area contributed by atoms with Crippen LogP contribution in [0.1, 0.15) is 0 Å². The normalized spacial score (nSPS) is 10.0. The van der Waals surface area contributed by atoms with Crippen molar-refractivity contribution in [2.24, 2.45) is 0 Å². The van der Waals surface area contributed by atoms with E-state index in [1.807, 2.05) is 73.4 Å². The first-order valence-electron chi connectivity index (χ1n) is 9.32. The fourth-order valence-electron chi connectivity index (χ4n) is 2.76. The number of aromatic nitrogens is 6. The van der Waals surface area contributed by atoms with Gasteiger partial charge < -0.3 is 0 Å². The lowest BCUT2D eigenvalue weighted by Gasteiger charge is -1.91. The van der Waals surface area contributed by atoms with E-state index in [2.05, 4.69) is 29.9 Å². The van der Waals surface area contributed by atoms with Crippen molar-refractivity contribution in [3.8, 4) is 0 Å². The van der Waals surface area contributed by atoms with E-state index in [-0.39, 0.29) is 0 Å². The van der Waals surface area contributed by atoms with E-state index in [4.69, 9.17) is 0 Å². The molecule has 6 nitrogen and oxygen atoms in total. The van der Waals surface area contributed by atoms with Crippen LogP contribution >= 0.6 is 0 Å². The van der Waals surface area contributed by atoms with Gasteiger partial charge in [0.25, 0.3) is 0 Å². The highest BCUT2D eigenvalue weighted by Gasteiger charge is 1.89. The van der Waals surface area contributed by atoms with Crippen molar-refractivity contribution >= 4 is 32.4 Å². The highest BCUT2D eigenvalue weighted by Crippen LogP contribution is 2.08. The molecule has 0 aliphatic rings. The minimum absolute atomic E-state index is 0.998. The van der Waals surface area contributed by atoms with Crippen molar-refractivity contribution < 1.29 is 0 Å². The maximum atomic E-state index is 4.14. The quantitative estimate of drug-likeness (QED) is 0.367. The average molecular weight is 390 g/mol. The Kier molecular flexibility index (Phi) is 6.18. The Hall–Kier alpha value is -4.32. The zero-order valence-corrected chi connectivity index (χ0v) is 16.1. The Morgan fingerprint density at radius 3 is 1.37 bits per heavy atom. The Balaban J connectivity index is 0.000000109. The van der Waals surface area contributed by atoms with Gasteiger partial charge in [-0.2, -0.15) is 0 Å². The minimum Gasteiger partial charge on any atom is -0.264 e. The van der Waals surface area contributed by atoms with Crippen LogP contribution < -0.4 is 0 Å². The molecule has 0 saturated carbocycles. The van der Waals surface area contributed by atoms with Gasteiger partial charge in [-0.05, 0) is 47.9 Å². The number of fused-ring (bicyclic) bond motifs is 3. The molecule has 0 fully saturated rings. The highest BCUT2D eigenvalue weighted by molar-refractivity contribution is 5.80. The van der Waals surface area contributed by atoms with Gasteiger partial charge in [0.15, 0.2) is 0 Å². The molecular formula is C24H18N6. The lowest BCUT2D eigenvalue weighted by atomic mass is 10.2. The number of pyridine rings is 6. The molecule has 0 radical (unpaired) electrons. The van der Waals surface area contributed by atoms with E-state index in [0.717, 1.165) is 27.1 Å². The average Bonchev–Trinajstić information content (AvgIpc) is 2.85. The molecule has 0 spiro atoms. The van der Waals surface area contributed by atoms with Gasteiger partial charge in [0.1, 0.15) is 0 Å². The third-order valence-corrected chi connectivity index (χ3v) is 4.29. The van der Waals surface area contributed by atoms with E-state index in [1.165, 1.54) is 5.39 Å². The van der Waals surface area contributed by atoms with Crippen molar-refractivity contribution in [1.82, 2.24) is 29.9 Å². The second kappa shape index (κ2) is 9.75. The second-order valence-corrected chi connectivity index (χ2v) is 6.27. The molecule has 6 heterocycles. The summed E-state index contributed by atoms with van der Waals surface area (Å²) >= 11 is 0. The van der Waals surface area contributed by atoms with Gasteiger partial charge in [-0.15, -0.1) is 0 Å². The number of rotatable bonds is 0. The number of hydrogen-bond acceptors (Lipinski definition) is 6. The largest absolute Gasteiger partial charge is 0.264 e. The summed E-state index contributed by atoms with van der Waals surface area (Å²) < 4.78 is 0. The molecule has 0 aliphatic heterocycles. The predicted molar refractivity (Wildman–Crippen MR) is 119 cm³/mol. The Labute approximate surface area is 173 Å². The molecule has 6 aromatic heterocycles. The highest BCUT2D eigenvalue weighted by atomic mass is 14.7. The molecule has 144 valence electrons. The molecule has 0 unspecified atom stereocenters. The zero-order valence-electron chi connectivity index (χ0n) is 16.1. The van der Waals surface area contributed by atoms with Crippen LogP contribution in [0.3, 0.4) is 0 Å². The van der Waals surface area contributed by atoms with Crippen molar-refractivity contribution in [1.29, 1.82) is 0 Å². The Bertz CT molecular complexity index is 1000. The van der Waals surface area contributed by atoms with Gasteiger partial charge in [-0.3, -0.25) is 29.9 Å². The molecule has 6 aromatic rings. The van der Waals surface area contributed by atoms with Crippen molar-refractivity contribution in [2.75, 3.05) is 0 Å². The standard InChI is InChI=1S/3C8H6N2/c1-3-9-6-8-2-4-10-5-7(1)8;1-3-9-5-8-6-10-4-2-7(1)8;1-2-7-6-9-5-3-8(7)10-4-1/h3*1-6H. The first-order valence-corrected chi connectivity index (χ1v) is 9.32. The SMILES string of the molecule is c1cc2ccncc2cn1.c1cc2cnccc2cn1.c1cnc2ccncc2c1. The molecular weight excluding hydrogens is 372 g/mol. The summed E-state index contributed by atoms with van der Waals surface area (Å²) in [4.78, 5) is 24.0. The molecule has 0 atom stereocenters. The molecule has 30 heavy (non-hydrogen) atoms. The number of hydrogen-bond donors (Lipinski definition) is 0. The molecule has 0 bridgehead atoms. The maximum absolute atomic E-state index is 4.14. The molecule has 0 aliphatic carbocycles. The first-order chi connectivity index (χ1) is 14.9. The van der Waals surface area contributed by atoms with Crippen LogP contribution in [-0.2, 0) is 0 Å². The van der Waals surface area contributed by atoms with Crippen molar-refractivity contribution in [3.63, 3.8) is 0 Å². The van der Waals surface area contributed by atoms with Crippen molar-refractivity contribution in [3.05, 3.63) is 111 Å². The summed E-state index contributed by atoms with van der Waals surface area (Å²) in [7, 11) is 0. The summed E-state index contributed by atoms with van der Waals surface area (Å²) in [6.45, 7) is 0. The van der Waals surface area contributed by atoms with Crippen LogP contribution in [0, 0.1) is 0 Å². The molecule has 6 heteroatoms. The van der Waals surface area contributed by atoms with Gasteiger partial charge in [0.2, 0.25) is 0 Å². The summed E-state index contributed by atoms with van der Waals surface area (Å²) in [5.41, 5.74) is 0.998. The molecule has 0 amide bonds. The fourth-order valence-corrected chi connectivity index (χ4v) is 2.76. The van der Waals surface area contributed by atoms with Crippen LogP contribution in [0.4, 0.5) is 0 Å². The van der Waals surface area contributed by atoms with E-state index < -0.39 is 0 Å². The summed E-state index contributed by atoms with van der Waals surface area (Å²) in [5.74, 6) is 0. The van der Waals surface area contributed by atoms with E-state index in [9.17, 15) is 0 Å². The third-order valence-electron chi connectivity index (χ3n) is 4.29. The summed E-state index contributed by atoms with van der Waals surface area (Å²) in [5, 5.41) is 5.63. The number of nitrogens with zero attached hydrogens (tertiary/aromatic N) is 6.